The summed E-state index contributed by atoms with van der Waals surface area (Å²) in [6.07, 6.45) is 3.38. The predicted molar refractivity (Wildman–Crippen MR) is 87.8 cm³/mol. The summed E-state index contributed by atoms with van der Waals surface area (Å²) in [7, 11) is 0. The maximum absolute atomic E-state index is 4.88. The smallest absolute Gasteiger partial charge is 0.152 e. The molecule has 114 valence electrons. The van der Waals surface area contributed by atoms with Crippen LogP contribution in [-0.2, 0) is 6.54 Å². The van der Waals surface area contributed by atoms with Crippen molar-refractivity contribution >= 4 is 11.5 Å². The number of anilines is 1. The van der Waals surface area contributed by atoms with Crippen molar-refractivity contribution in [3.8, 4) is 0 Å². The standard InChI is InChI=1S/C17H26N4/c1-13-8-10-20(12-13)16-14(11-18-17(2,3)4)21-9-6-5-7-15(21)19-16/h5-7,9,13,18H,8,10-12H2,1-4H3. The summed E-state index contributed by atoms with van der Waals surface area (Å²) in [4.78, 5) is 7.32. The van der Waals surface area contributed by atoms with E-state index < -0.39 is 0 Å². The molecule has 1 unspecified atom stereocenters. The van der Waals surface area contributed by atoms with Gasteiger partial charge >= 0.3 is 0 Å². The van der Waals surface area contributed by atoms with E-state index in [1.807, 2.05) is 0 Å². The van der Waals surface area contributed by atoms with Crippen molar-refractivity contribution in [3.63, 3.8) is 0 Å². The lowest BCUT2D eigenvalue weighted by molar-refractivity contribution is 0.420. The van der Waals surface area contributed by atoms with E-state index in [1.54, 1.807) is 0 Å². The molecule has 0 bridgehead atoms. The molecule has 0 amide bonds. The van der Waals surface area contributed by atoms with Crippen molar-refractivity contribution in [1.82, 2.24) is 14.7 Å². The Morgan fingerprint density at radius 1 is 1.33 bits per heavy atom. The van der Waals surface area contributed by atoms with Gasteiger partial charge < -0.3 is 14.6 Å². The van der Waals surface area contributed by atoms with E-state index in [0.29, 0.717) is 0 Å². The third-order valence-electron chi connectivity index (χ3n) is 4.12. The highest BCUT2D eigenvalue weighted by Crippen LogP contribution is 2.27. The highest BCUT2D eigenvalue weighted by Gasteiger charge is 2.25. The van der Waals surface area contributed by atoms with Gasteiger partial charge in [-0.2, -0.15) is 0 Å². The van der Waals surface area contributed by atoms with Gasteiger partial charge in [0.2, 0.25) is 0 Å². The molecule has 3 rings (SSSR count). The maximum atomic E-state index is 4.88. The summed E-state index contributed by atoms with van der Waals surface area (Å²) >= 11 is 0. The normalized spacial score (nSPS) is 19.6. The van der Waals surface area contributed by atoms with Gasteiger partial charge in [0.25, 0.3) is 0 Å². The fourth-order valence-corrected chi connectivity index (χ4v) is 2.93. The molecule has 0 aliphatic carbocycles. The van der Waals surface area contributed by atoms with E-state index in [4.69, 9.17) is 4.98 Å². The van der Waals surface area contributed by atoms with Gasteiger partial charge in [0.15, 0.2) is 5.82 Å². The van der Waals surface area contributed by atoms with Crippen LogP contribution >= 0.6 is 0 Å². The minimum absolute atomic E-state index is 0.106. The lowest BCUT2D eigenvalue weighted by Crippen LogP contribution is -2.36. The first-order valence-corrected chi connectivity index (χ1v) is 7.90. The van der Waals surface area contributed by atoms with E-state index in [0.717, 1.165) is 37.0 Å². The van der Waals surface area contributed by atoms with Crippen molar-refractivity contribution in [2.75, 3.05) is 18.0 Å². The van der Waals surface area contributed by atoms with Gasteiger partial charge in [-0.05, 0) is 45.2 Å². The molecule has 4 nitrogen and oxygen atoms in total. The molecule has 2 aromatic heterocycles. The SMILES string of the molecule is CC1CCN(c2nc3ccccn3c2CNC(C)(C)C)C1. The Labute approximate surface area is 127 Å². The topological polar surface area (TPSA) is 32.6 Å². The molecule has 1 atom stereocenters. The van der Waals surface area contributed by atoms with Crippen molar-refractivity contribution in [3.05, 3.63) is 30.1 Å². The molecule has 21 heavy (non-hydrogen) atoms. The Bertz CT molecular complexity index is 623. The van der Waals surface area contributed by atoms with Crippen molar-refractivity contribution in [2.24, 2.45) is 5.92 Å². The number of nitrogens with one attached hydrogen (secondary N) is 1. The molecular formula is C17H26N4. The Kier molecular flexibility index (Phi) is 3.66. The number of aromatic nitrogens is 2. The fraction of sp³-hybridized carbons (Fsp3) is 0.588. The number of rotatable bonds is 3. The average Bonchev–Trinajstić information content (AvgIpc) is 2.99. The molecule has 1 aliphatic rings. The van der Waals surface area contributed by atoms with Gasteiger partial charge in [-0.25, -0.2) is 4.98 Å². The van der Waals surface area contributed by atoms with Crippen LogP contribution in [0, 0.1) is 5.92 Å². The third-order valence-corrected chi connectivity index (χ3v) is 4.12. The minimum atomic E-state index is 0.106. The van der Waals surface area contributed by atoms with Crippen LogP contribution in [0.1, 0.15) is 39.8 Å². The summed E-state index contributed by atoms with van der Waals surface area (Å²) < 4.78 is 2.22. The van der Waals surface area contributed by atoms with Gasteiger partial charge in [-0.15, -0.1) is 0 Å². The van der Waals surface area contributed by atoms with Crippen LogP contribution in [0.4, 0.5) is 5.82 Å². The quantitative estimate of drug-likeness (QED) is 0.941. The minimum Gasteiger partial charge on any atom is -0.355 e. The number of hydrogen-bond acceptors (Lipinski definition) is 3. The molecule has 0 spiro atoms. The van der Waals surface area contributed by atoms with Crippen molar-refractivity contribution in [1.29, 1.82) is 0 Å². The van der Waals surface area contributed by atoms with E-state index in [9.17, 15) is 0 Å². The van der Waals surface area contributed by atoms with Crippen LogP contribution in [0.5, 0.6) is 0 Å². The second-order valence-corrected chi connectivity index (χ2v) is 7.25. The summed E-state index contributed by atoms with van der Waals surface area (Å²) in [5, 5.41) is 3.60. The molecule has 1 N–H and O–H groups in total. The lowest BCUT2D eigenvalue weighted by Gasteiger charge is -2.22. The fourth-order valence-electron chi connectivity index (χ4n) is 2.93. The molecule has 4 heteroatoms. The first-order chi connectivity index (χ1) is 9.94. The van der Waals surface area contributed by atoms with Crippen molar-refractivity contribution < 1.29 is 0 Å². The summed E-state index contributed by atoms with van der Waals surface area (Å²) in [5.41, 5.74) is 2.42. The second-order valence-electron chi connectivity index (χ2n) is 7.25. The number of fused-ring (bicyclic) bond motifs is 1. The average molecular weight is 286 g/mol. The summed E-state index contributed by atoms with van der Waals surface area (Å²) in [6.45, 7) is 12.0. The number of nitrogens with zero attached hydrogens (tertiary/aromatic N) is 3. The van der Waals surface area contributed by atoms with Crippen molar-refractivity contribution in [2.45, 2.75) is 46.2 Å². The molecule has 0 radical (unpaired) electrons. The third kappa shape index (κ3) is 3.05. The zero-order valence-electron chi connectivity index (χ0n) is 13.6. The predicted octanol–water partition coefficient (Wildman–Crippen LogP) is 3.07. The molecule has 0 aromatic carbocycles. The van der Waals surface area contributed by atoms with Crippen LogP contribution in [0.15, 0.2) is 24.4 Å². The van der Waals surface area contributed by atoms with Crippen LogP contribution in [0.2, 0.25) is 0 Å². The number of pyridine rings is 1. The van der Waals surface area contributed by atoms with E-state index in [1.165, 1.54) is 12.1 Å². The lowest BCUT2D eigenvalue weighted by atomic mass is 10.1. The Hall–Kier alpha value is -1.55. The molecule has 1 fully saturated rings. The monoisotopic (exact) mass is 286 g/mol. The highest BCUT2D eigenvalue weighted by molar-refractivity contribution is 5.56. The number of imidazole rings is 1. The Morgan fingerprint density at radius 3 is 2.81 bits per heavy atom. The Balaban J connectivity index is 1.97. The van der Waals surface area contributed by atoms with Gasteiger partial charge in [-0.1, -0.05) is 13.0 Å². The second kappa shape index (κ2) is 5.34. The summed E-state index contributed by atoms with van der Waals surface area (Å²) in [6, 6.07) is 6.22. The molecule has 1 aliphatic heterocycles. The van der Waals surface area contributed by atoms with Crippen LogP contribution in [0.3, 0.4) is 0 Å². The molecule has 1 saturated heterocycles. The van der Waals surface area contributed by atoms with E-state index >= 15 is 0 Å². The van der Waals surface area contributed by atoms with Gasteiger partial charge in [-0.3, -0.25) is 0 Å². The van der Waals surface area contributed by atoms with Crippen LogP contribution in [0.25, 0.3) is 5.65 Å². The molecule has 3 heterocycles. The zero-order chi connectivity index (χ0) is 15.0. The maximum Gasteiger partial charge on any atom is 0.152 e. The van der Waals surface area contributed by atoms with Gasteiger partial charge in [0, 0.05) is 31.4 Å². The van der Waals surface area contributed by atoms with Gasteiger partial charge in [0.05, 0.1) is 5.69 Å². The van der Waals surface area contributed by atoms with Crippen LogP contribution < -0.4 is 10.2 Å². The first-order valence-electron chi connectivity index (χ1n) is 7.90. The highest BCUT2D eigenvalue weighted by atomic mass is 15.3. The summed E-state index contributed by atoms with van der Waals surface area (Å²) in [5.74, 6) is 1.92. The zero-order valence-corrected chi connectivity index (χ0v) is 13.6. The molecule has 0 saturated carbocycles. The molecule has 2 aromatic rings. The van der Waals surface area contributed by atoms with Gasteiger partial charge in [0.1, 0.15) is 5.65 Å². The van der Waals surface area contributed by atoms with E-state index in [2.05, 4.69) is 66.7 Å². The van der Waals surface area contributed by atoms with E-state index in [-0.39, 0.29) is 5.54 Å². The number of hydrogen-bond donors (Lipinski definition) is 1. The first kappa shape index (κ1) is 14.4. The molecular weight excluding hydrogens is 260 g/mol. The largest absolute Gasteiger partial charge is 0.355 e. The van der Waals surface area contributed by atoms with Crippen LogP contribution in [-0.4, -0.2) is 28.0 Å². The Morgan fingerprint density at radius 2 is 2.14 bits per heavy atom.